The van der Waals surface area contributed by atoms with Crippen LogP contribution in [0, 0.1) is 21.4 Å². The van der Waals surface area contributed by atoms with E-state index < -0.39 is 22.3 Å². The van der Waals surface area contributed by atoms with Gasteiger partial charge in [-0.25, -0.2) is 0 Å². The van der Waals surface area contributed by atoms with Crippen molar-refractivity contribution in [2.24, 2.45) is 0 Å². The zero-order valence-corrected chi connectivity index (χ0v) is 10.1. The van der Waals surface area contributed by atoms with E-state index in [0.29, 0.717) is 0 Å². The van der Waals surface area contributed by atoms with Gasteiger partial charge in [0.25, 0.3) is 5.69 Å². The van der Waals surface area contributed by atoms with Crippen molar-refractivity contribution in [2.75, 3.05) is 0 Å². The summed E-state index contributed by atoms with van der Waals surface area (Å²) in [5, 5.41) is 19.5. The third-order valence-electron chi connectivity index (χ3n) is 2.99. The summed E-state index contributed by atoms with van der Waals surface area (Å²) in [6, 6.07) is 4.62. The molecule has 0 radical (unpaired) electrons. The van der Waals surface area contributed by atoms with Crippen molar-refractivity contribution in [3.05, 3.63) is 39.4 Å². The number of nitrogens with zero attached hydrogens (tertiary/aromatic N) is 2. The highest BCUT2D eigenvalue weighted by Gasteiger charge is 2.58. The average molecular weight is 284 g/mol. The highest BCUT2D eigenvalue weighted by atomic mass is 19.4. The van der Waals surface area contributed by atoms with Crippen molar-refractivity contribution in [3.63, 3.8) is 0 Å². The van der Waals surface area contributed by atoms with E-state index in [2.05, 4.69) is 0 Å². The van der Waals surface area contributed by atoms with Gasteiger partial charge in [0.1, 0.15) is 5.75 Å². The fourth-order valence-corrected chi connectivity index (χ4v) is 1.77. The van der Waals surface area contributed by atoms with Crippen LogP contribution in [0.15, 0.2) is 23.8 Å². The zero-order chi connectivity index (χ0) is 15.1. The number of nitriles is 1. The number of ether oxygens (including phenoxy) is 1. The minimum atomic E-state index is -4.78. The van der Waals surface area contributed by atoms with Crippen molar-refractivity contribution in [3.8, 4) is 11.8 Å². The van der Waals surface area contributed by atoms with Crippen molar-refractivity contribution in [1.29, 1.82) is 5.26 Å². The molecule has 1 atom stereocenters. The molecule has 1 unspecified atom stereocenters. The van der Waals surface area contributed by atoms with Gasteiger partial charge >= 0.3 is 6.18 Å². The highest BCUT2D eigenvalue weighted by Crippen LogP contribution is 2.45. The first-order valence-electron chi connectivity index (χ1n) is 5.35. The first-order valence-corrected chi connectivity index (χ1v) is 5.35. The van der Waals surface area contributed by atoms with E-state index in [-0.39, 0.29) is 17.0 Å². The maximum absolute atomic E-state index is 13.0. The van der Waals surface area contributed by atoms with Crippen LogP contribution in [0.4, 0.5) is 18.9 Å². The molecule has 0 N–H and O–H groups in total. The summed E-state index contributed by atoms with van der Waals surface area (Å²) < 4.78 is 44.0. The van der Waals surface area contributed by atoms with Crippen LogP contribution in [0.3, 0.4) is 0 Å². The number of nitro groups is 1. The van der Waals surface area contributed by atoms with E-state index in [4.69, 9.17) is 10.00 Å². The molecule has 8 heteroatoms. The van der Waals surface area contributed by atoms with E-state index in [9.17, 15) is 23.3 Å². The summed E-state index contributed by atoms with van der Waals surface area (Å²) >= 11 is 0. The number of nitro benzene ring substituents is 1. The smallest absolute Gasteiger partial charge is 0.433 e. The predicted molar refractivity (Wildman–Crippen MR) is 61.8 cm³/mol. The van der Waals surface area contributed by atoms with Gasteiger partial charge in [-0.15, -0.1) is 0 Å². The van der Waals surface area contributed by atoms with Gasteiger partial charge in [0.2, 0.25) is 5.60 Å². The van der Waals surface area contributed by atoms with Crippen LogP contribution in [-0.2, 0) is 0 Å². The van der Waals surface area contributed by atoms with Crippen molar-refractivity contribution < 1.29 is 22.8 Å². The van der Waals surface area contributed by atoms with Crippen molar-refractivity contribution in [1.82, 2.24) is 0 Å². The molecule has 20 heavy (non-hydrogen) atoms. The van der Waals surface area contributed by atoms with E-state index >= 15 is 0 Å². The van der Waals surface area contributed by atoms with Crippen molar-refractivity contribution in [2.45, 2.75) is 18.7 Å². The first-order chi connectivity index (χ1) is 9.19. The number of rotatable bonds is 1. The lowest BCUT2D eigenvalue weighted by Crippen LogP contribution is -2.50. The summed E-state index contributed by atoms with van der Waals surface area (Å²) in [5.41, 5.74) is -3.64. The lowest BCUT2D eigenvalue weighted by Gasteiger charge is -2.35. The van der Waals surface area contributed by atoms with Gasteiger partial charge < -0.3 is 4.74 Å². The molecule has 1 aliphatic heterocycles. The molecule has 104 valence electrons. The lowest BCUT2D eigenvalue weighted by atomic mass is 9.90. The molecule has 0 amide bonds. The molecular formula is C12H7F3N2O3. The minimum absolute atomic E-state index is 0.0671. The van der Waals surface area contributed by atoms with Gasteiger partial charge in [-0.2, -0.15) is 18.4 Å². The zero-order valence-electron chi connectivity index (χ0n) is 10.1. The number of alkyl halides is 3. The summed E-state index contributed by atoms with van der Waals surface area (Å²) in [6.45, 7) is 0.742. The van der Waals surface area contributed by atoms with Crippen LogP contribution in [0.2, 0.25) is 0 Å². The van der Waals surface area contributed by atoms with E-state index in [1.807, 2.05) is 0 Å². The molecule has 0 saturated heterocycles. The van der Waals surface area contributed by atoms with Gasteiger partial charge in [-0.1, -0.05) is 0 Å². The Morgan fingerprint density at radius 1 is 1.45 bits per heavy atom. The van der Waals surface area contributed by atoms with Gasteiger partial charge in [0, 0.05) is 17.7 Å². The van der Waals surface area contributed by atoms with E-state index in [1.54, 1.807) is 0 Å². The molecule has 0 aromatic heterocycles. The van der Waals surface area contributed by atoms with Crippen molar-refractivity contribution >= 4 is 11.8 Å². The lowest BCUT2D eigenvalue weighted by molar-refractivity contribution is -0.384. The number of halogens is 3. The summed E-state index contributed by atoms with van der Waals surface area (Å²) in [6.07, 6.45) is -3.83. The Kier molecular flexibility index (Phi) is 2.93. The molecule has 5 nitrogen and oxygen atoms in total. The number of hydrogen-bond donors (Lipinski definition) is 0. The van der Waals surface area contributed by atoms with E-state index in [1.165, 1.54) is 6.07 Å². The SMILES string of the molecule is CC1(C(F)(F)F)Oc2ccc([N+](=O)[O-])cc2C=C1C#N. The normalized spacial score (nSPS) is 21.2. The van der Waals surface area contributed by atoms with Crippen LogP contribution in [0.5, 0.6) is 5.75 Å². The van der Waals surface area contributed by atoms with Gasteiger partial charge in [0.05, 0.1) is 16.6 Å². The fourth-order valence-electron chi connectivity index (χ4n) is 1.77. The van der Waals surface area contributed by atoms with E-state index in [0.717, 1.165) is 31.2 Å². The summed E-state index contributed by atoms with van der Waals surface area (Å²) in [7, 11) is 0. The molecule has 1 aromatic rings. The molecule has 0 fully saturated rings. The second kappa shape index (κ2) is 4.23. The second-order valence-electron chi connectivity index (χ2n) is 4.28. The number of non-ortho nitro benzene ring substituents is 1. The molecule has 0 saturated carbocycles. The largest absolute Gasteiger partial charge is 0.472 e. The number of fused-ring (bicyclic) bond motifs is 1. The maximum Gasteiger partial charge on any atom is 0.433 e. The predicted octanol–water partition coefficient (Wildman–Crippen LogP) is 3.22. The van der Waals surface area contributed by atoms with Gasteiger partial charge in [0.15, 0.2) is 0 Å². The molecule has 1 aromatic carbocycles. The Balaban J connectivity index is 2.60. The Morgan fingerprint density at radius 3 is 2.60 bits per heavy atom. The van der Waals surface area contributed by atoms with Crippen LogP contribution in [0.25, 0.3) is 6.08 Å². The molecule has 0 bridgehead atoms. The van der Waals surface area contributed by atoms with Gasteiger partial charge in [-0.05, 0) is 19.1 Å². The number of hydrogen-bond acceptors (Lipinski definition) is 4. The fraction of sp³-hybridized carbons (Fsp3) is 0.250. The minimum Gasteiger partial charge on any atom is -0.472 e. The van der Waals surface area contributed by atoms with Crippen LogP contribution in [0.1, 0.15) is 12.5 Å². The molecule has 2 rings (SSSR count). The summed E-state index contributed by atoms with van der Waals surface area (Å²) in [4.78, 5) is 9.94. The summed E-state index contributed by atoms with van der Waals surface area (Å²) in [5.74, 6) is -0.158. The Labute approximate surface area is 111 Å². The van der Waals surface area contributed by atoms with Crippen LogP contribution < -0.4 is 4.74 Å². The van der Waals surface area contributed by atoms with Crippen LogP contribution >= 0.6 is 0 Å². The highest BCUT2D eigenvalue weighted by molar-refractivity contribution is 5.70. The second-order valence-corrected chi connectivity index (χ2v) is 4.28. The van der Waals surface area contributed by atoms with Gasteiger partial charge in [-0.3, -0.25) is 10.1 Å². The standard InChI is InChI=1S/C12H7F3N2O3/c1-11(12(13,14)15)8(6-16)4-7-5-9(17(18)19)2-3-10(7)20-11/h2-5H,1H3. The molecule has 1 aliphatic rings. The Hall–Kier alpha value is -2.56. The number of benzene rings is 1. The maximum atomic E-state index is 13.0. The Bertz CT molecular complexity index is 661. The molecular weight excluding hydrogens is 277 g/mol. The first kappa shape index (κ1) is 13.9. The molecule has 0 aliphatic carbocycles. The Morgan fingerprint density at radius 2 is 2.10 bits per heavy atom. The molecule has 1 heterocycles. The third-order valence-corrected chi connectivity index (χ3v) is 2.99. The quantitative estimate of drug-likeness (QED) is 0.586. The average Bonchev–Trinajstić information content (AvgIpc) is 2.35. The van der Waals surface area contributed by atoms with Crippen LogP contribution in [-0.4, -0.2) is 16.7 Å². The molecule has 0 spiro atoms. The monoisotopic (exact) mass is 284 g/mol. The third kappa shape index (κ3) is 1.97. The topological polar surface area (TPSA) is 76.2 Å².